The molecule has 13 heteroatoms. The quantitative estimate of drug-likeness (QED) is 0.156. The molecule has 0 aromatic heterocycles. The van der Waals surface area contributed by atoms with Crippen LogP contribution in [0.5, 0.6) is 0 Å². The molecule has 2 rings (SSSR count). The van der Waals surface area contributed by atoms with E-state index in [0.717, 1.165) is 0 Å². The van der Waals surface area contributed by atoms with Crippen LogP contribution < -0.4 is 10.6 Å². The van der Waals surface area contributed by atoms with Gasteiger partial charge in [-0.25, -0.2) is 19.2 Å². The molecule has 0 heterocycles. The molecule has 13 nitrogen and oxygen atoms in total. The van der Waals surface area contributed by atoms with E-state index in [1.165, 1.54) is 18.7 Å². The number of aliphatic carboxylic acids is 2. The van der Waals surface area contributed by atoms with Crippen molar-refractivity contribution < 1.29 is 48.4 Å². The van der Waals surface area contributed by atoms with Gasteiger partial charge in [0.15, 0.2) is 0 Å². The molecule has 0 aliphatic rings. The van der Waals surface area contributed by atoms with Crippen LogP contribution in [0.1, 0.15) is 58.6 Å². The standard InChI is InChI=1S/C32H43N3O10/c1-30(2,3)45-25(36)20-35(18-16-31(4,26(37)38)33-28(41)43-21-23-12-8-6-9-13-23)19-17-32(5,27(39)40)34-29(42)44-22-24-14-10-7-11-15-24/h6-15H,16-22H2,1-5H3,(H,33,41)(H,34,42)(H,37,38)(H,39,40)/t31-,32-/m1/s1. The molecule has 0 aliphatic carbocycles. The molecule has 0 aliphatic heterocycles. The second-order valence-corrected chi connectivity index (χ2v) is 12.0. The van der Waals surface area contributed by atoms with Crippen LogP contribution in [0, 0.1) is 0 Å². The van der Waals surface area contributed by atoms with E-state index in [2.05, 4.69) is 10.6 Å². The number of hydrogen-bond donors (Lipinski definition) is 4. The van der Waals surface area contributed by atoms with Crippen LogP contribution in [0.2, 0.25) is 0 Å². The summed E-state index contributed by atoms with van der Waals surface area (Å²) in [6, 6.07) is 17.7. The minimum Gasteiger partial charge on any atom is -0.480 e. The fourth-order valence-electron chi connectivity index (χ4n) is 4.00. The highest BCUT2D eigenvalue weighted by atomic mass is 16.6. The first-order valence-electron chi connectivity index (χ1n) is 14.4. The molecular weight excluding hydrogens is 586 g/mol. The zero-order chi connectivity index (χ0) is 33.7. The summed E-state index contributed by atoms with van der Waals surface area (Å²) < 4.78 is 15.8. The summed E-state index contributed by atoms with van der Waals surface area (Å²) in [6.07, 6.45) is -2.25. The topological polar surface area (TPSA) is 181 Å². The number of nitrogens with one attached hydrogen (secondary N) is 2. The van der Waals surface area contributed by atoms with E-state index < -0.39 is 46.8 Å². The number of amides is 2. The lowest BCUT2D eigenvalue weighted by molar-refractivity contribution is -0.156. The van der Waals surface area contributed by atoms with Crippen LogP contribution in [0.3, 0.4) is 0 Å². The molecule has 2 atom stereocenters. The summed E-state index contributed by atoms with van der Waals surface area (Å²) in [4.78, 5) is 63.6. The monoisotopic (exact) mass is 629 g/mol. The Hall–Kier alpha value is -4.65. The maximum absolute atomic E-state index is 12.7. The van der Waals surface area contributed by atoms with Gasteiger partial charge in [0.2, 0.25) is 0 Å². The number of rotatable bonds is 16. The SMILES string of the molecule is CC(C)(C)OC(=O)CN(CC[C@@](C)(NC(=O)OCc1ccccc1)C(=O)O)CC[C@@](C)(NC(=O)OCc1ccccc1)C(=O)O. The molecule has 0 fully saturated rings. The first-order valence-corrected chi connectivity index (χ1v) is 14.4. The maximum atomic E-state index is 12.7. The average Bonchev–Trinajstić information content (AvgIpc) is 2.96. The minimum atomic E-state index is -1.80. The molecule has 0 bridgehead atoms. The van der Waals surface area contributed by atoms with Crippen LogP contribution in [0.4, 0.5) is 9.59 Å². The second kappa shape index (κ2) is 16.4. The number of alkyl carbamates (subject to hydrolysis) is 2. The molecule has 2 aromatic carbocycles. The van der Waals surface area contributed by atoms with Crippen molar-refractivity contribution >= 4 is 30.1 Å². The lowest BCUT2D eigenvalue weighted by Crippen LogP contribution is -2.55. The minimum absolute atomic E-state index is 0.0604. The lowest BCUT2D eigenvalue weighted by atomic mass is 9.96. The van der Waals surface area contributed by atoms with Gasteiger partial charge in [-0.05, 0) is 58.6 Å². The average molecular weight is 630 g/mol. The van der Waals surface area contributed by atoms with Gasteiger partial charge in [0, 0.05) is 13.1 Å². The molecule has 246 valence electrons. The molecular formula is C32H43N3O10. The Morgan fingerprint density at radius 3 is 1.38 bits per heavy atom. The van der Waals surface area contributed by atoms with E-state index in [9.17, 15) is 34.2 Å². The first-order chi connectivity index (χ1) is 21.0. The lowest BCUT2D eigenvalue weighted by Gasteiger charge is -2.32. The summed E-state index contributed by atoms with van der Waals surface area (Å²) in [7, 11) is 0. The predicted octanol–water partition coefficient (Wildman–Crippen LogP) is 3.95. The highest BCUT2D eigenvalue weighted by Crippen LogP contribution is 2.17. The van der Waals surface area contributed by atoms with Gasteiger partial charge in [-0.15, -0.1) is 0 Å². The highest BCUT2D eigenvalue weighted by molar-refractivity contribution is 5.84. The van der Waals surface area contributed by atoms with Crippen molar-refractivity contribution in [3.05, 3.63) is 71.8 Å². The van der Waals surface area contributed by atoms with Crippen molar-refractivity contribution in [1.29, 1.82) is 0 Å². The van der Waals surface area contributed by atoms with Gasteiger partial charge in [-0.1, -0.05) is 60.7 Å². The molecule has 0 saturated heterocycles. The number of esters is 1. The van der Waals surface area contributed by atoms with Crippen molar-refractivity contribution in [2.45, 2.75) is 77.4 Å². The Morgan fingerprint density at radius 1 is 0.667 bits per heavy atom. The van der Waals surface area contributed by atoms with Crippen LogP contribution in [-0.2, 0) is 41.8 Å². The number of nitrogens with zero attached hydrogens (tertiary/aromatic N) is 1. The summed E-state index contributed by atoms with van der Waals surface area (Å²) >= 11 is 0. The molecule has 0 radical (unpaired) electrons. The Morgan fingerprint density at radius 2 is 1.04 bits per heavy atom. The predicted molar refractivity (Wildman–Crippen MR) is 163 cm³/mol. The zero-order valence-corrected chi connectivity index (χ0v) is 26.3. The molecule has 0 unspecified atom stereocenters. The number of carbonyl (C=O) groups is 5. The summed E-state index contributed by atoms with van der Waals surface area (Å²) in [5, 5.41) is 24.7. The zero-order valence-electron chi connectivity index (χ0n) is 26.3. The molecule has 2 aromatic rings. The summed E-state index contributed by atoms with van der Waals surface area (Å²) in [6.45, 7) is 7.11. The number of hydrogen-bond acceptors (Lipinski definition) is 9. The molecule has 0 saturated carbocycles. The highest BCUT2D eigenvalue weighted by Gasteiger charge is 2.38. The summed E-state index contributed by atoms with van der Waals surface area (Å²) in [5.41, 5.74) is -2.97. The number of benzene rings is 2. The summed E-state index contributed by atoms with van der Waals surface area (Å²) in [5.74, 6) is -3.30. The maximum Gasteiger partial charge on any atom is 0.408 e. The van der Waals surface area contributed by atoms with E-state index >= 15 is 0 Å². The second-order valence-electron chi connectivity index (χ2n) is 12.0. The Labute approximate surface area is 262 Å². The molecule has 4 N–H and O–H groups in total. The number of ether oxygens (including phenoxy) is 3. The van der Waals surface area contributed by atoms with Gasteiger partial charge >= 0.3 is 30.1 Å². The van der Waals surface area contributed by atoms with E-state index in [1.54, 1.807) is 81.4 Å². The van der Waals surface area contributed by atoms with E-state index in [4.69, 9.17) is 14.2 Å². The van der Waals surface area contributed by atoms with Gasteiger partial charge in [-0.3, -0.25) is 9.69 Å². The van der Waals surface area contributed by atoms with Crippen LogP contribution >= 0.6 is 0 Å². The van der Waals surface area contributed by atoms with Gasteiger partial charge in [0.05, 0.1) is 6.54 Å². The van der Waals surface area contributed by atoms with Gasteiger partial charge in [-0.2, -0.15) is 0 Å². The van der Waals surface area contributed by atoms with Gasteiger partial charge in [0.1, 0.15) is 29.9 Å². The van der Waals surface area contributed by atoms with E-state index in [0.29, 0.717) is 11.1 Å². The molecule has 2 amide bonds. The molecule has 45 heavy (non-hydrogen) atoms. The Bertz CT molecular complexity index is 1210. The Kier molecular flexibility index (Phi) is 13.3. The third-order valence-electron chi connectivity index (χ3n) is 6.75. The number of carboxylic acid groups (broad SMARTS) is 2. The van der Waals surface area contributed by atoms with Crippen molar-refractivity contribution in [2.24, 2.45) is 0 Å². The van der Waals surface area contributed by atoms with Crippen molar-refractivity contribution in [3.63, 3.8) is 0 Å². The number of carboxylic acids is 2. The normalized spacial score (nSPS) is 13.9. The van der Waals surface area contributed by atoms with Crippen LogP contribution in [0.25, 0.3) is 0 Å². The fraction of sp³-hybridized carbons (Fsp3) is 0.469. The van der Waals surface area contributed by atoms with Crippen molar-refractivity contribution in [3.8, 4) is 0 Å². The van der Waals surface area contributed by atoms with Gasteiger partial charge in [0.25, 0.3) is 0 Å². The third kappa shape index (κ3) is 13.3. The Balaban J connectivity index is 2.11. The van der Waals surface area contributed by atoms with E-state index in [1.807, 2.05) is 0 Å². The smallest absolute Gasteiger partial charge is 0.408 e. The van der Waals surface area contributed by atoms with E-state index in [-0.39, 0.29) is 45.7 Å². The third-order valence-corrected chi connectivity index (χ3v) is 6.75. The van der Waals surface area contributed by atoms with Gasteiger partial charge < -0.3 is 35.1 Å². The van der Waals surface area contributed by atoms with Crippen molar-refractivity contribution in [2.75, 3.05) is 19.6 Å². The van der Waals surface area contributed by atoms with Crippen LogP contribution in [0.15, 0.2) is 60.7 Å². The van der Waals surface area contributed by atoms with Crippen LogP contribution in [-0.4, -0.2) is 81.5 Å². The molecule has 0 spiro atoms. The fourth-order valence-corrected chi connectivity index (χ4v) is 4.00. The van der Waals surface area contributed by atoms with Crippen molar-refractivity contribution in [1.82, 2.24) is 15.5 Å². The largest absolute Gasteiger partial charge is 0.480 e. The number of carbonyl (C=O) groups excluding carboxylic acids is 3. The first kappa shape index (κ1) is 36.5.